The van der Waals surface area contributed by atoms with Gasteiger partial charge in [0, 0.05) is 0 Å². The lowest BCUT2D eigenvalue weighted by atomic mass is 10.1. The molecule has 0 N–H and O–H groups in total. The minimum Gasteiger partial charge on any atom is -0.192 e. The van der Waals surface area contributed by atoms with Crippen LogP contribution in [0.2, 0.25) is 0 Å². The van der Waals surface area contributed by atoms with Gasteiger partial charge in [-0.2, -0.15) is 5.26 Å². The van der Waals surface area contributed by atoms with E-state index >= 15 is 0 Å². The van der Waals surface area contributed by atoms with Crippen LogP contribution in [-0.2, 0) is 0 Å². The van der Waals surface area contributed by atoms with Gasteiger partial charge in [-0.05, 0) is 31.1 Å². The Balaban J connectivity index is 4.75. The minimum atomic E-state index is 0.538. The topological polar surface area (TPSA) is 23.8 Å². The van der Waals surface area contributed by atoms with Crippen molar-refractivity contribution in [3.8, 4) is 6.07 Å². The zero-order valence-corrected chi connectivity index (χ0v) is 9.96. The highest BCUT2D eigenvalue weighted by molar-refractivity contribution is 5.43. The molecule has 0 radical (unpaired) electrons. The molecule has 0 aromatic heterocycles. The fourth-order valence-corrected chi connectivity index (χ4v) is 0.847. The summed E-state index contributed by atoms with van der Waals surface area (Å²) in [6.45, 7) is 15.1. The molecule has 0 atom stereocenters. The molecule has 16 heavy (non-hydrogen) atoms. The third-order valence-electron chi connectivity index (χ3n) is 1.94. The Kier molecular flexibility index (Phi) is 6.31. The quantitative estimate of drug-likeness (QED) is 0.492. The second kappa shape index (κ2) is 7.25. The van der Waals surface area contributed by atoms with Gasteiger partial charge in [0.2, 0.25) is 0 Å². The molecule has 0 aliphatic carbocycles. The van der Waals surface area contributed by atoms with Crippen molar-refractivity contribution in [1.82, 2.24) is 0 Å². The monoisotopic (exact) mass is 211 g/mol. The Morgan fingerprint density at radius 2 is 1.75 bits per heavy atom. The maximum atomic E-state index is 8.69. The maximum Gasteiger partial charge on any atom is 0.0991 e. The maximum absolute atomic E-state index is 8.69. The van der Waals surface area contributed by atoms with E-state index in [4.69, 9.17) is 5.26 Å². The molecule has 0 saturated carbocycles. The fourth-order valence-electron chi connectivity index (χ4n) is 0.847. The lowest BCUT2D eigenvalue weighted by Gasteiger charge is -1.98. The highest BCUT2D eigenvalue weighted by atomic mass is 14.2. The van der Waals surface area contributed by atoms with Gasteiger partial charge in [-0.15, -0.1) is 0 Å². The number of allylic oxidation sites excluding steroid dienone is 9. The van der Waals surface area contributed by atoms with Gasteiger partial charge in [0.05, 0.1) is 11.6 Å². The van der Waals surface area contributed by atoms with Gasteiger partial charge < -0.3 is 0 Å². The lowest BCUT2D eigenvalue weighted by molar-refractivity contribution is 1.42. The summed E-state index contributed by atoms with van der Waals surface area (Å²) in [5, 5.41) is 8.69. The van der Waals surface area contributed by atoms with Gasteiger partial charge in [-0.1, -0.05) is 49.6 Å². The van der Waals surface area contributed by atoms with E-state index in [-0.39, 0.29) is 0 Å². The molecular weight excluding hydrogens is 194 g/mol. The normalized spacial score (nSPS) is 12.3. The molecule has 0 heterocycles. The molecule has 1 nitrogen and oxygen atoms in total. The van der Waals surface area contributed by atoms with E-state index in [9.17, 15) is 0 Å². The Morgan fingerprint density at radius 3 is 2.19 bits per heavy atom. The number of nitriles is 1. The molecule has 0 spiro atoms. The summed E-state index contributed by atoms with van der Waals surface area (Å²) in [7, 11) is 0. The molecule has 0 aliphatic rings. The molecule has 0 fully saturated rings. The zero-order valence-electron chi connectivity index (χ0n) is 9.96. The predicted molar refractivity (Wildman–Crippen MR) is 70.7 cm³/mol. The van der Waals surface area contributed by atoms with Crippen molar-refractivity contribution >= 4 is 0 Å². The summed E-state index contributed by atoms with van der Waals surface area (Å²) >= 11 is 0. The van der Waals surface area contributed by atoms with Crippen LogP contribution in [0.15, 0.2) is 72.4 Å². The number of hydrogen-bond acceptors (Lipinski definition) is 1. The third kappa shape index (κ3) is 5.62. The first-order valence-corrected chi connectivity index (χ1v) is 4.95. The average molecular weight is 211 g/mol. The first-order chi connectivity index (χ1) is 7.51. The summed E-state index contributed by atoms with van der Waals surface area (Å²) in [4.78, 5) is 0. The molecule has 0 saturated heterocycles. The highest BCUT2D eigenvalue weighted by Gasteiger charge is 1.91. The van der Waals surface area contributed by atoms with E-state index in [1.165, 1.54) is 6.08 Å². The van der Waals surface area contributed by atoms with Crippen molar-refractivity contribution in [2.45, 2.75) is 13.8 Å². The summed E-state index contributed by atoms with van der Waals surface area (Å²) in [5.41, 5.74) is 3.43. The van der Waals surface area contributed by atoms with Crippen molar-refractivity contribution in [3.63, 3.8) is 0 Å². The van der Waals surface area contributed by atoms with Gasteiger partial charge >= 0.3 is 0 Å². The van der Waals surface area contributed by atoms with E-state index in [1.54, 1.807) is 6.08 Å². The van der Waals surface area contributed by atoms with Gasteiger partial charge in [0.1, 0.15) is 0 Å². The van der Waals surface area contributed by atoms with Crippen LogP contribution in [0.25, 0.3) is 0 Å². The molecule has 0 aromatic carbocycles. The summed E-state index contributed by atoms with van der Waals surface area (Å²) in [6.07, 6.45) is 8.91. The Hall–Kier alpha value is -2.07. The number of hydrogen-bond donors (Lipinski definition) is 0. The Labute approximate surface area is 98.1 Å². The molecule has 0 aromatic rings. The van der Waals surface area contributed by atoms with Crippen LogP contribution in [0.3, 0.4) is 0 Å². The molecule has 0 aliphatic heterocycles. The Bertz CT molecular complexity index is 423. The molecule has 0 rings (SSSR count). The molecule has 82 valence electrons. The molecule has 0 amide bonds. The van der Waals surface area contributed by atoms with Crippen molar-refractivity contribution in [2.75, 3.05) is 0 Å². The van der Waals surface area contributed by atoms with Crippen LogP contribution in [0.5, 0.6) is 0 Å². The van der Waals surface area contributed by atoms with Crippen molar-refractivity contribution < 1.29 is 0 Å². The molecule has 0 unspecified atom stereocenters. The zero-order chi connectivity index (χ0) is 12.6. The van der Waals surface area contributed by atoms with Crippen LogP contribution >= 0.6 is 0 Å². The average Bonchev–Trinajstić information content (AvgIpc) is 2.26. The van der Waals surface area contributed by atoms with E-state index in [1.807, 2.05) is 38.1 Å². The fraction of sp³-hybridized carbons (Fsp3) is 0.133. The van der Waals surface area contributed by atoms with E-state index in [0.29, 0.717) is 5.57 Å². The second-order valence-electron chi connectivity index (χ2n) is 3.49. The van der Waals surface area contributed by atoms with Gasteiger partial charge in [-0.3, -0.25) is 0 Å². The van der Waals surface area contributed by atoms with Gasteiger partial charge in [0.25, 0.3) is 0 Å². The SMILES string of the molecule is C=C/C(C#N)=C\C=C(/C)C(=C)/C=C\C(=C)C. The molecular formula is C15H17N. The van der Waals surface area contributed by atoms with Gasteiger partial charge in [0.15, 0.2) is 0 Å². The van der Waals surface area contributed by atoms with E-state index in [2.05, 4.69) is 19.7 Å². The Morgan fingerprint density at radius 1 is 1.12 bits per heavy atom. The number of nitrogens with zero attached hydrogens (tertiary/aromatic N) is 1. The predicted octanol–water partition coefficient (Wildman–Crippen LogP) is 4.26. The molecule has 1 heteroatoms. The van der Waals surface area contributed by atoms with Crippen LogP contribution in [0, 0.1) is 11.3 Å². The van der Waals surface area contributed by atoms with Crippen LogP contribution in [0.4, 0.5) is 0 Å². The first kappa shape index (κ1) is 13.9. The summed E-state index contributed by atoms with van der Waals surface area (Å²) < 4.78 is 0. The smallest absolute Gasteiger partial charge is 0.0991 e. The number of rotatable bonds is 5. The second-order valence-corrected chi connectivity index (χ2v) is 3.49. The first-order valence-electron chi connectivity index (χ1n) is 4.95. The van der Waals surface area contributed by atoms with E-state index < -0.39 is 0 Å². The minimum absolute atomic E-state index is 0.538. The van der Waals surface area contributed by atoms with Crippen molar-refractivity contribution in [3.05, 3.63) is 72.4 Å². The van der Waals surface area contributed by atoms with Crippen molar-refractivity contribution in [1.29, 1.82) is 5.26 Å². The summed E-state index contributed by atoms with van der Waals surface area (Å²) in [6, 6.07) is 2.03. The van der Waals surface area contributed by atoms with Crippen LogP contribution in [-0.4, -0.2) is 0 Å². The lowest BCUT2D eigenvalue weighted by Crippen LogP contribution is -1.79. The van der Waals surface area contributed by atoms with E-state index in [0.717, 1.165) is 16.7 Å². The van der Waals surface area contributed by atoms with Crippen molar-refractivity contribution in [2.24, 2.45) is 0 Å². The molecule has 0 bridgehead atoms. The summed E-state index contributed by atoms with van der Waals surface area (Å²) in [5.74, 6) is 0. The highest BCUT2D eigenvalue weighted by Crippen LogP contribution is 2.10. The standard InChI is InChI=1S/C15H17N/c1-6-15(11-16)10-9-14(5)13(4)8-7-12(2)3/h6-10H,1-2,4H2,3,5H3/b8-7-,14-9+,15-10+. The largest absolute Gasteiger partial charge is 0.192 e. The van der Waals surface area contributed by atoms with Crippen LogP contribution < -0.4 is 0 Å². The third-order valence-corrected chi connectivity index (χ3v) is 1.94. The van der Waals surface area contributed by atoms with Crippen LogP contribution in [0.1, 0.15) is 13.8 Å². The van der Waals surface area contributed by atoms with Gasteiger partial charge in [-0.25, -0.2) is 0 Å².